The van der Waals surface area contributed by atoms with E-state index in [0.29, 0.717) is 12.2 Å². The Hall–Kier alpha value is -1.67. The number of amides is 1. The number of halogens is 3. The highest BCUT2D eigenvalue weighted by Crippen LogP contribution is 2.29. The molecular formula is C23H15I3N2O3. The SMILES string of the molecule is O=C(N/N=C/c1cc(I)c(OCc2ccc(I)cc2)c(I)c1)c1cc2ccccc2o1. The molecule has 3 aromatic carbocycles. The third-order valence-corrected chi connectivity index (χ3v) is 6.67. The van der Waals surface area contributed by atoms with E-state index in [1.54, 1.807) is 12.3 Å². The van der Waals surface area contributed by atoms with Crippen LogP contribution in [-0.4, -0.2) is 12.1 Å². The van der Waals surface area contributed by atoms with E-state index in [4.69, 9.17) is 9.15 Å². The average Bonchev–Trinajstić information content (AvgIpc) is 3.19. The molecule has 4 rings (SSSR count). The number of benzene rings is 3. The molecule has 0 aliphatic heterocycles. The molecule has 5 nitrogen and oxygen atoms in total. The molecule has 0 fully saturated rings. The van der Waals surface area contributed by atoms with Gasteiger partial charge in [0.1, 0.15) is 17.9 Å². The van der Waals surface area contributed by atoms with Crippen molar-refractivity contribution in [2.75, 3.05) is 0 Å². The van der Waals surface area contributed by atoms with Crippen LogP contribution in [0.2, 0.25) is 0 Å². The van der Waals surface area contributed by atoms with Gasteiger partial charge in [-0.2, -0.15) is 5.10 Å². The van der Waals surface area contributed by atoms with Crippen LogP contribution in [0.25, 0.3) is 11.0 Å². The van der Waals surface area contributed by atoms with Gasteiger partial charge in [-0.3, -0.25) is 4.79 Å². The number of ether oxygens (including phenoxy) is 1. The summed E-state index contributed by atoms with van der Waals surface area (Å²) in [7, 11) is 0. The van der Waals surface area contributed by atoms with Gasteiger partial charge in [0.15, 0.2) is 5.76 Å². The average molecular weight is 748 g/mol. The molecule has 0 unspecified atom stereocenters. The molecular weight excluding hydrogens is 733 g/mol. The van der Waals surface area contributed by atoms with Crippen molar-refractivity contribution < 1.29 is 13.9 Å². The van der Waals surface area contributed by atoms with Crippen LogP contribution in [0.4, 0.5) is 0 Å². The van der Waals surface area contributed by atoms with Crippen LogP contribution in [0.15, 0.2) is 76.2 Å². The smallest absolute Gasteiger partial charge is 0.307 e. The van der Waals surface area contributed by atoms with Gasteiger partial charge in [-0.15, -0.1) is 0 Å². The molecule has 156 valence electrons. The zero-order chi connectivity index (χ0) is 21.8. The topological polar surface area (TPSA) is 63.8 Å². The number of nitrogens with zero attached hydrogens (tertiary/aromatic N) is 1. The minimum Gasteiger partial charge on any atom is -0.487 e. The van der Waals surface area contributed by atoms with Crippen molar-refractivity contribution in [3.8, 4) is 5.75 Å². The number of hydrazone groups is 1. The third kappa shape index (κ3) is 5.77. The van der Waals surface area contributed by atoms with Crippen LogP contribution >= 0.6 is 67.8 Å². The number of furan rings is 1. The molecule has 1 heterocycles. The molecule has 0 atom stereocenters. The summed E-state index contributed by atoms with van der Waals surface area (Å²) in [5.74, 6) is 0.666. The highest BCUT2D eigenvalue weighted by Gasteiger charge is 2.12. The first kappa shape index (κ1) is 22.5. The van der Waals surface area contributed by atoms with E-state index in [0.717, 1.165) is 29.4 Å². The van der Waals surface area contributed by atoms with Crippen LogP contribution in [0.5, 0.6) is 5.75 Å². The van der Waals surface area contributed by atoms with Gasteiger partial charge in [0.2, 0.25) is 0 Å². The van der Waals surface area contributed by atoms with Crippen molar-refractivity contribution in [3.05, 3.63) is 94.3 Å². The van der Waals surface area contributed by atoms with Gasteiger partial charge in [-0.05, 0) is 115 Å². The summed E-state index contributed by atoms with van der Waals surface area (Å²) < 4.78 is 14.7. The fourth-order valence-corrected chi connectivity index (χ4v) is 5.33. The zero-order valence-electron chi connectivity index (χ0n) is 15.9. The molecule has 1 N–H and O–H groups in total. The maximum absolute atomic E-state index is 12.3. The zero-order valence-corrected chi connectivity index (χ0v) is 22.4. The number of rotatable bonds is 6. The van der Waals surface area contributed by atoms with Gasteiger partial charge in [-0.1, -0.05) is 30.3 Å². The minimum absolute atomic E-state index is 0.224. The molecule has 0 saturated carbocycles. The summed E-state index contributed by atoms with van der Waals surface area (Å²) in [5, 5.41) is 4.95. The monoisotopic (exact) mass is 748 g/mol. The highest BCUT2D eigenvalue weighted by molar-refractivity contribution is 14.1. The number of carbonyl (C=O) groups excluding carboxylic acids is 1. The van der Waals surface area contributed by atoms with Crippen LogP contribution in [0, 0.1) is 10.7 Å². The summed E-state index contributed by atoms with van der Waals surface area (Å²) in [6.45, 7) is 0.504. The largest absolute Gasteiger partial charge is 0.487 e. The maximum atomic E-state index is 12.3. The van der Waals surface area contributed by atoms with Crippen molar-refractivity contribution in [3.63, 3.8) is 0 Å². The molecule has 1 aromatic heterocycles. The third-order valence-electron chi connectivity index (χ3n) is 4.35. The summed E-state index contributed by atoms with van der Waals surface area (Å²) in [5.41, 5.74) is 5.16. The maximum Gasteiger partial charge on any atom is 0.307 e. The van der Waals surface area contributed by atoms with Crippen LogP contribution in [-0.2, 0) is 6.61 Å². The Balaban J connectivity index is 1.40. The van der Waals surface area contributed by atoms with E-state index in [9.17, 15) is 4.79 Å². The Kier molecular flexibility index (Phi) is 7.48. The summed E-state index contributed by atoms with van der Waals surface area (Å²) >= 11 is 6.78. The second-order valence-corrected chi connectivity index (χ2v) is 10.1. The first-order valence-electron chi connectivity index (χ1n) is 9.18. The van der Waals surface area contributed by atoms with Crippen LogP contribution in [0.1, 0.15) is 21.7 Å². The van der Waals surface area contributed by atoms with E-state index in [2.05, 4.69) is 103 Å². The number of carbonyl (C=O) groups is 1. The normalized spacial score (nSPS) is 11.2. The standard InChI is InChI=1S/C23H15I3N2O3/c24-17-7-5-14(6-8-17)13-30-22-18(25)9-15(10-19(22)26)12-27-28-23(29)21-11-16-3-1-2-4-20(16)31-21/h1-12H,13H2,(H,28,29)/b27-12+. The lowest BCUT2D eigenvalue weighted by Crippen LogP contribution is -2.16. The Bertz CT molecular complexity index is 1210. The van der Waals surface area contributed by atoms with Gasteiger partial charge >= 0.3 is 5.91 Å². The molecule has 0 spiro atoms. The Morgan fingerprint density at radius 1 is 1.00 bits per heavy atom. The second-order valence-electron chi connectivity index (χ2n) is 6.58. The first-order valence-corrected chi connectivity index (χ1v) is 12.4. The molecule has 0 radical (unpaired) electrons. The lowest BCUT2D eigenvalue weighted by Gasteiger charge is -2.11. The number of hydrogen-bond acceptors (Lipinski definition) is 4. The van der Waals surface area contributed by atoms with Gasteiger partial charge in [-0.25, -0.2) is 5.43 Å². The van der Waals surface area contributed by atoms with Crippen molar-refractivity contribution in [2.45, 2.75) is 6.61 Å². The Morgan fingerprint density at radius 2 is 1.71 bits per heavy atom. The fraction of sp³-hybridized carbons (Fsp3) is 0.0435. The molecule has 0 saturated heterocycles. The van der Waals surface area contributed by atoms with Gasteiger partial charge < -0.3 is 9.15 Å². The van der Waals surface area contributed by atoms with E-state index >= 15 is 0 Å². The quantitative estimate of drug-likeness (QED) is 0.138. The van der Waals surface area contributed by atoms with Gasteiger partial charge in [0, 0.05) is 8.96 Å². The number of fused-ring (bicyclic) bond motifs is 1. The molecule has 31 heavy (non-hydrogen) atoms. The number of hydrogen-bond donors (Lipinski definition) is 1. The van der Waals surface area contributed by atoms with Crippen molar-refractivity contribution in [2.24, 2.45) is 5.10 Å². The minimum atomic E-state index is -0.394. The molecule has 4 aromatic rings. The van der Waals surface area contributed by atoms with Crippen LogP contribution in [0.3, 0.4) is 0 Å². The van der Waals surface area contributed by atoms with Crippen LogP contribution < -0.4 is 10.2 Å². The molecule has 0 bridgehead atoms. The molecule has 1 amide bonds. The number of nitrogens with one attached hydrogen (secondary N) is 1. The summed E-state index contributed by atoms with van der Waals surface area (Å²) in [6.07, 6.45) is 1.60. The Morgan fingerprint density at radius 3 is 2.42 bits per heavy atom. The second kappa shape index (κ2) is 10.3. The van der Waals surface area contributed by atoms with E-state index < -0.39 is 5.91 Å². The first-order chi connectivity index (χ1) is 15.0. The molecule has 8 heteroatoms. The van der Waals surface area contributed by atoms with Gasteiger partial charge in [0.25, 0.3) is 0 Å². The highest BCUT2D eigenvalue weighted by atomic mass is 127. The summed E-state index contributed by atoms with van der Waals surface area (Å²) in [4.78, 5) is 12.3. The van der Waals surface area contributed by atoms with Crippen molar-refractivity contribution in [1.29, 1.82) is 0 Å². The summed E-state index contributed by atoms with van der Waals surface area (Å²) in [6, 6.07) is 21.4. The fourth-order valence-electron chi connectivity index (χ4n) is 2.84. The lowest BCUT2D eigenvalue weighted by atomic mass is 10.2. The van der Waals surface area contributed by atoms with E-state index in [1.807, 2.05) is 36.4 Å². The molecule has 0 aliphatic rings. The number of para-hydroxylation sites is 1. The van der Waals surface area contributed by atoms with E-state index in [-0.39, 0.29) is 5.76 Å². The van der Waals surface area contributed by atoms with E-state index in [1.165, 1.54) is 3.57 Å². The van der Waals surface area contributed by atoms with Gasteiger partial charge in [0.05, 0.1) is 13.4 Å². The molecule has 0 aliphatic carbocycles. The van der Waals surface area contributed by atoms with Crippen molar-refractivity contribution in [1.82, 2.24) is 5.43 Å². The lowest BCUT2D eigenvalue weighted by molar-refractivity contribution is 0.0929. The predicted octanol–water partition coefficient (Wildman–Crippen LogP) is 6.59. The predicted molar refractivity (Wildman–Crippen MR) is 147 cm³/mol. The Labute approximate surface area is 220 Å². The van der Waals surface area contributed by atoms with Crippen molar-refractivity contribution >= 4 is 90.9 Å².